The highest BCUT2D eigenvalue weighted by molar-refractivity contribution is 5.90. The highest BCUT2D eigenvalue weighted by Gasteiger charge is 2.11. The summed E-state index contributed by atoms with van der Waals surface area (Å²) in [5, 5.41) is 0.825. The Kier molecular flexibility index (Phi) is 2.28. The predicted molar refractivity (Wildman–Crippen MR) is 69.7 cm³/mol. The summed E-state index contributed by atoms with van der Waals surface area (Å²) in [5.41, 5.74) is -0.0346. The van der Waals surface area contributed by atoms with E-state index < -0.39 is 17.1 Å². The smallest absolute Gasteiger partial charge is 0.280 e. The molecular weight excluding hydrogens is 249 g/mol. The predicted octanol–water partition coefficient (Wildman–Crippen LogP) is 0.924. The lowest BCUT2D eigenvalue weighted by Gasteiger charge is -2.07. The largest absolute Gasteiger partial charge is 0.332 e. The second-order valence-corrected chi connectivity index (χ2v) is 4.40. The molecule has 0 atom stereocenters. The van der Waals surface area contributed by atoms with Crippen LogP contribution in [-0.4, -0.2) is 14.1 Å². The Labute approximate surface area is 106 Å². The maximum atomic E-state index is 13.2. The average Bonchev–Trinajstić information content (AvgIpc) is 2.41. The molecule has 6 heteroatoms. The summed E-state index contributed by atoms with van der Waals surface area (Å²) in [6.45, 7) is 0. The zero-order valence-corrected chi connectivity index (χ0v) is 10.3. The molecule has 3 rings (SSSR count). The number of aryl methyl sites for hydroxylation is 1. The van der Waals surface area contributed by atoms with Gasteiger partial charge < -0.3 is 0 Å². The number of hydrogen-bond donors (Lipinski definition) is 0. The standard InChI is InChI=1S/C13H10FN3O2/c1-16-11-9(12(18)17(2)13(16)19)6-7-5-8(14)3-4-10(7)15-11/h3-6H,1-2H3. The highest BCUT2D eigenvalue weighted by Crippen LogP contribution is 2.17. The molecule has 0 aliphatic carbocycles. The van der Waals surface area contributed by atoms with Crippen LogP contribution in [0.15, 0.2) is 33.9 Å². The Morgan fingerprint density at radius 2 is 1.84 bits per heavy atom. The summed E-state index contributed by atoms with van der Waals surface area (Å²) >= 11 is 0. The second kappa shape index (κ2) is 3.74. The second-order valence-electron chi connectivity index (χ2n) is 4.40. The van der Waals surface area contributed by atoms with Gasteiger partial charge in [-0.05, 0) is 24.3 Å². The summed E-state index contributed by atoms with van der Waals surface area (Å²) < 4.78 is 15.5. The lowest BCUT2D eigenvalue weighted by atomic mass is 10.2. The number of pyridine rings is 1. The van der Waals surface area contributed by atoms with Gasteiger partial charge in [-0.25, -0.2) is 14.2 Å². The van der Waals surface area contributed by atoms with Crippen LogP contribution in [0.5, 0.6) is 0 Å². The van der Waals surface area contributed by atoms with Gasteiger partial charge in [0.2, 0.25) is 0 Å². The molecule has 5 nitrogen and oxygen atoms in total. The number of aromatic nitrogens is 3. The minimum absolute atomic E-state index is 0.294. The van der Waals surface area contributed by atoms with E-state index in [1.807, 2.05) is 0 Å². The van der Waals surface area contributed by atoms with Crippen molar-refractivity contribution in [2.24, 2.45) is 14.1 Å². The summed E-state index contributed by atoms with van der Waals surface area (Å²) in [6, 6.07) is 5.68. The molecule has 0 aliphatic heterocycles. The van der Waals surface area contributed by atoms with Crippen molar-refractivity contribution < 1.29 is 4.39 Å². The van der Waals surface area contributed by atoms with Crippen LogP contribution in [-0.2, 0) is 14.1 Å². The molecule has 1 aromatic carbocycles. The fourth-order valence-electron chi connectivity index (χ4n) is 2.13. The van der Waals surface area contributed by atoms with Gasteiger partial charge in [0.1, 0.15) is 11.5 Å². The van der Waals surface area contributed by atoms with Gasteiger partial charge in [0.05, 0.1) is 10.9 Å². The topological polar surface area (TPSA) is 56.9 Å². The molecule has 0 bridgehead atoms. The molecule has 96 valence electrons. The van der Waals surface area contributed by atoms with Gasteiger partial charge in [0, 0.05) is 19.5 Å². The summed E-state index contributed by atoms with van der Waals surface area (Å²) in [5.74, 6) is -0.393. The van der Waals surface area contributed by atoms with Crippen molar-refractivity contribution in [3.8, 4) is 0 Å². The first-order valence-corrected chi connectivity index (χ1v) is 5.65. The normalized spacial score (nSPS) is 11.3. The minimum Gasteiger partial charge on any atom is -0.280 e. The van der Waals surface area contributed by atoms with Crippen molar-refractivity contribution >= 4 is 21.9 Å². The van der Waals surface area contributed by atoms with Crippen LogP contribution in [0.4, 0.5) is 4.39 Å². The van der Waals surface area contributed by atoms with E-state index in [1.54, 1.807) is 13.1 Å². The maximum Gasteiger partial charge on any atom is 0.332 e. The number of halogens is 1. The van der Waals surface area contributed by atoms with Crippen LogP contribution in [0, 0.1) is 5.82 Å². The molecule has 19 heavy (non-hydrogen) atoms. The molecule has 0 radical (unpaired) electrons. The van der Waals surface area contributed by atoms with Gasteiger partial charge >= 0.3 is 5.69 Å². The number of nitrogens with zero attached hydrogens (tertiary/aromatic N) is 3. The molecule has 0 amide bonds. The Morgan fingerprint density at radius 3 is 2.58 bits per heavy atom. The Bertz CT molecular complexity index is 940. The number of rotatable bonds is 0. The lowest BCUT2D eigenvalue weighted by Crippen LogP contribution is -2.37. The van der Waals surface area contributed by atoms with E-state index in [9.17, 15) is 14.0 Å². The highest BCUT2D eigenvalue weighted by atomic mass is 19.1. The minimum atomic E-state index is -0.438. The number of hydrogen-bond acceptors (Lipinski definition) is 3. The third kappa shape index (κ3) is 1.56. The van der Waals surface area contributed by atoms with Crippen molar-refractivity contribution in [2.45, 2.75) is 0 Å². The van der Waals surface area contributed by atoms with Crippen LogP contribution in [0.3, 0.4) is 0 Å². The van der Waals surface area contributed by atoms with E-state index in [4.69, 9.17) is 0 Å². The zero-order valence-electron chi connectivity index (χ0n) is 10.3. The molecule has 2 aromatic heterocycles. The SMILES string of the molecule is Cn1c(=O)c2cc3cc(F)ccc3nc2n(C)c1=O. The number of benzene rings is 1. The molecule has 0 aliphatic rings. The lowest BCUT2D eigenvalue weighted by molar-refractivity contribution is 0.629. The van der Waals surface area contributed by atoms with E-state index in [1.165, 1.54) is 29.8 Å². The monoisotopic (exact) mass is 259 g/mol. The zero-order chi connectivity index (χ0) is 13.7. The van der Waals surface area contributed by atoms with Crippen LogP contribution < -0.4 is 11.2 Å². The summed E-state index contributed by atoms with van der Waals surface area (Å²) in [4.78, 5) is 28.1. The molecule has 2 heterocycles. The van der Waals surface area contributed by atoms with Crippen LogP contribution in [0.25, 0.3) is 21.9 Å². The summed E-state index contributed by atoms with van der Waals surface area (Å²) in [6.07, 6.45) is 0. The molecule has 0 saturated heterocycles. The first kappa shape index (κ1) is 11.6. The fourth-order valence-corrected chi connectivity index (χ4v) is 2.13. The van der Waals surface area contributed by atoms with Crippen molar-refractivity contribution in [3.63, 3.8) is 0 Å². The van der Waals surface area contributed by atoms with E-state index in [2.05, 4.69) is 4.98 Å². The third-order valence-corrected chi connectivity index (χ3v) is 3.18. The first-order valence-electron chi connectivity index (χ1n) is 5.65. The quantitative estimate of drug-likeness (QED) is 0.564. The number of fused-ring (bicyclic) bond motifs is 2. The maximum absolute atomic E-state index is 13.2. The van der Waals surface area contributed by atoms with Gasteiger partial charge in [-0.2, -0.15) is 0 Å². The Balaban J connectivity index is 2.63. The van der Waals surface area contributed by atoms with Gasteiger partial charge in [0.15, 0.2) is 0 Å². The van der Waals surface area contributed by atoms with Gasteiger partial charge in [-0.3, -0.25) is 13.9 Å². The molecule has 0 spiro atoms. The molecule has 0 fully saturated rings. The van der Waals surface area contributed by atoms with Crippen molar-refractivity contribution in [1.29, 1.82) is 0 Å². The molecule has 0 unspecified atom stereocenters. The van der Waals surface area contributed by atoms with Gasteiger partial charge in [-0.15, -0.1) is 0 Å². The van der Waals surface area contributed by atoms with Gasteiger partial charge in [-0.1, -0.05) is 0 Å². The fraction of sp³-hybridized carbons (Fsp3) is 0.154. The van der Waals surface area contributed by atoms with Crippen molar-refractivity contribution in [1.82, 2.24) is 14.1 Å². The molecule has 0 saturated carbocycles. The van der Waals surface area contributed by atoms with Crippen LogP contribution >= 0.6 is 0 Å². The first-order chi connectivity index (χ1) is 8.99. The van der Waals surface area contributed by atoms with Crippen molar-refractivity contribution in [3.05, 3.63) is 50.9 Å². The molecule has 0 N–H and O–H groups in total. The van der Waals surface area contributed by atoms with E-state index in [0.29, 0.717) is 21.9 Å². The Hall–Kier alpha value is -2.50. The molecule has 3 aromatic rings. The van der Waals surface area contributed by atoms with E-state index in [-0.39, 0.29) is 0 Å². The van der Waals surface area contributed by atoms with E-state index >= 15 is 0 Å². The van der Waals surface area contributed by atoms with Gasteiger partial charge in [0.25, 0.3) is 5.56 Å². The van der Waals surface area contributed by atoms with Crippen LogP contribution in [0.1, 0.15) is 0 Å². The molecular formula is C13H10FN3O2. The summed E-state index contributed by atoms with van der Waals surface area (Å²) in [7, 11) is 2.95. The van der Waals surface area contributed by atoms with Crippen LogP contribution in [0.2, 0.25) is 0 Å². The Morgan fingerprint density at radius 1 is 1.11 bits per heavy atom. The average molecular weight is 259 g/mol. The van der Waals surface area contributed by atoms with E-state index in [0.717, 1.165) is 4.57 Å². The van der Waals surface area contributed by atoms with Crippen molar-refractivity contribution in [2.75, 3.05) is 0 Å². The third-order valence-electron chi connectivity index (χ3n) is 3.18.